The van der Waals surface area contributed by atoms with E-state index in [2.05, 4.69) is 0 Å². The number of amides is 1. The van der Waals surface area contributed by atoms with Gasteiger partial charge in [0, 0.05) is 23.7 Å². The number of carbonyl (C=O) groups excluding carboxylic acids is 1. The molecule has 1 amide bonds. The quantitative estimate of drug-likeness (QED) is 0.921. The molecule has 1 aliphatic heterocycles. The smallest absolute Gasteiger partial charge is 0.308 e. The van der Waals surface area contributed by atoms with Gasteiger partial charge in [-0.2, -0.15) is 0 Å². The van der Waals surface area contributed by atoms with Crippen molar-refractivity contribution in [2.24, 2.45) is 5.92 Å². The topological polar surface area (TPSA) is 66.8 Å². The maximum atomic E-state index is 12.1. The third-order valence-electron chi connectivity index (χ3n) is 3.64. The first kappa shape index (κ1) is 15.9. The summed E-state index contributed by atoms with van der Waals surface area (Å²) in [6, 6.07) is 4.40. The van der Waals surface area contributed by atoms with Crippen LogP contribution in [0.3, 0.4) is 0 Å². The number of carboxylic acids is 1. The summed E-state index contributed by atoms with van der Waals surface area (Å²) in [5.41, 5.74) is 0. The first-order valence-electron chi connectivity index (χ1n) is 6.50. The molecule has 1 aromatic rings. The van der Waals surface area contributed by atoms with Crippen molar-refractivity contribution in [3.8, 4) is 5.75 Å². The number of rotatable bonds is 4. The molecule has 2 unspecified atom stereocenters. The number of likely N-dealkylation sites (tertiary alicyclic amines) is 1. The van der Waals surface area contributed by atoms with Crippen molar-refractivity contribution in [1.82, 2.24) is 4.90 Å². The van der Waals surface area contributed by atoms with Gasteiger partial charge >= 0.3 is 5.97 Å². The molecule has 1 N–H and O–H groups in total. The second-order valence-electron chi connectivity index (χ2n) is 4.92. The summed E-state index contributed by atoms with van der Waals surface area (Å²) < 4.78 is 5.38. The van der Waals surface area contributed by atoms with Crippen LogP contribution in [-0.4, -0.2) is 41.1 Å². The zero-order valence-electron chi connectivity index (χ0n) is 11.4. The second kappa shape index (κ2) is 6.54. The molecule has 1 aliphatic rings. The van der Waals surface area contributed by atoms with Gasteiger partial charge in [-0.15, -0.1) is 0 Å². The minimum Gasteiger partial charge on any atom is -0.482 e. The molecule has 1 saturated heterocycles. The number of carboxylic acid groups (broad SMARTS) is 1. The molecular weight excluding hydrogens is 317 g/mol. The minimum atomic E-state index is -0.878. The van der Waals surface area contributed by atoms with Gasteiger partial charge < -0.3 is 14.7 Å². The molecule has 1 heterocycles. The average molecular weight is 332 g/mol. The van der Waals surface area contributed by atoms with Crippen molar-refractivity contribution < 1.29 is 19.4 Å². The molecule has 114 valence electrons. The van der Waals surface area contributed by atoms with E-state index >= 15 is 0 Å². The van der Waals surface area contributed by atoms with Crippen molar-refractivity contribution in [3.63, 3.8) is 0 Å². The zero-order valence-corrected chi connectivity index (χ0v) is 12.9. The van der Waals surface area contributed by atoms with Crippen LogP contribution in [0.25, 0.3) is 0 Å². The Morgan fingerprint density at radius 2 is 2.14 bits per heavy atom. The van der Waals surface area contributed by atoms with Crippen LogP contribution in [0.5, 0.6) is 5.75 Å². The predicted octanol–water partition coefficient (Wildman–Crippen LogP) is 2.69. The fourth-order valence-corrected chi connectivity index (χ4v) is 2.77. The molecule has 0 spiro atoms. The lowest BCUT2D eigenvalue weighted by Crippen LogP contribution is -2.40. The number of nitrogens with zero attached hydrogens (tertiary/aromatic N) is 1. The highest BCUT2D eigenvalue weighted by Gasteiger charge is 2.38. The first-order chi connectivity index (χ1) is 9.90. The fourth-order valence-electron chi connectivity index (χ4n) is 2.43. The molecule has 5 nitrogen and oxygen atoms in total. The SMILES string of the molecule is CC1C(C(=O)O)CCN1C(=O)COc1cc(Cl)ccc1Cl. The van der Waals surface area contributed by atoms with Gasteiger partial charge in [0.25, 0.3) is 5.91 Å². The molecule has 1 fully saturated rings. The van der Waals surface area contributed by atoms with Crippen LogP contribution in [0.2, 0.25) is 10.0 Å². The van der Waals surface area contributed by atoms with Crippen molar-refractivity contribution in [2.45, 2.75) is 19.4 Å². The third kappa shape index (κ3) is 3.60. The molecule has 21 heavy (non-hydrogen) atoms. The highest BCUT2D eigenvalue weighted by Crippen LogP contribution is 2.28. The molecule has 0 aromatic heterocycles. The number of hydrogen-bond donors (Lipinski definition) is 1. The van der Waals surface area contributed by atoms with E-state index in [-0.39, 0.29) is 18.6 Å². The van der Waals surface area contributed by atoms with Gasteiger partial charge in [-0.3, -0.25) is 9.59 Å². The van der Waals surface area contributed by atoms with Gasteiger partial charge in [0.05, 0.1) is 10.9 Å². The second-order valence-corrected chi connectivity index (χ2v) is 5.77. The first-order valence-corrected chi connectivity index (χ1v) is 7.26. The molecular formula is C14H15Cl2NO4. The number of ether oxygens (including phenoxy) is 1. The molecule has 2 atom stereocenters. The van der Waals surface area contributed by atoms with Crippen LogP contribution in [0.1, 0.15) is 13.3 Å². The van der Waals surface area contributed by atoms with E-state index in [1.807, 2.05) is 0 Å². The van der Waals surface area contributed by atoms with Gasteiger partial charge in [-0.05, 0) is 25.5 Å². The zero-order chi connectivity index (χ0) is 15.6. The van der Waals surface area contributed by atoms with Crippen LogP contribution in [0.15, 0.2) is 18.2 Å². The number of carbonyl (C=O) groups is 2. The molecule has 7 heteroatoms. The van der Waals surface area contributed by atoms with Crippen LogP contribution >= 0.6 is 23.2 Å². The summed E-state index contributed by atoms with van der Waals surface area (Å²) in [5.74, 6) is -1.33. The molecule has 0 saturated carbocycles. The van der Waals surface area contributed by atoms with Crippen molar-refractivity contribution in [3.05, 3.63) is 28.2 Å². The summed E-state index contributed by atoms with van der Waals surface area (Å²) >= 11 is 11.8. The van der Waals surface area contributed by atoms with Crippen LogP contribution in [-0.2, 0) is 9.59 Å². The van der Waals surface area contributed by atoms with E-state index in [0.29, 0.717) is 28.8 Å². The lowest BCUT2D eigenvalue weighted by Gasteiger charge is -2.23. The number of aliphatic carboxylic acids is 1. The summed E-state index contributed by atoms with van der Waals surface area (Å²) in [7, 11) is 0. The lowest BCUT2D eigenvalue weighted by atomic mass is 10.0. The Morgan fingerprint density at radius 3 is 2.76 bits per heavy atom. The van der Waals surface area contributed by atoms with E-state index in [4.69, 9.17) is 33.0 Å². The van der Waals surface area contributed by atoms with E-state index in [9.17, 15) is 9.59 Å². The Hall–Kier alpha value is -1.46. The van der Waals surface area contributed by atoms with Crippen molar-refractivity contribution in [1.29, 1.82) is 0 Å². The van der Waals surface area contributed by atoms with E-state index in [1.165, 1.54) is 11.0 Å². The molecule has 1 aromatic carbocycles. The Labute approximate surface area is 132 Å². The van der Waals surface area contributed by atoms with Crippen LogP contribution in [0, 0.1) is 5.92 Å². The van der Waals surface area contributed by atoms with Gasteiger partial charge in [0.15, 0.2) is 6.61 Å². The Balaban J connectivity index is 1.96. The van der Waals surface area contributed by atoms with E-state index in [1.54, 1.807) is 19.1 Å². The summed E-state index contributed by atoms with van der Waals surface area (Å²) in [6.45, 7) is 1.95. The number of halogens is 2. The average Bonchev–Trinajstić information content (AvgIpc) is 2.81. The molecule has 2 rings (SSSR count). The predicted molar refractivity (Wildman–Crippen MR) is 78.9 cm³/mol. The number of hydrogen-bond acceptors (Lipinski definition) is 3. The van der Waals surface area contributed by atoms with Crippen LogP contribution < -0.4 is 4.74 Å². The van der Waals surface area contributed by atoms with E-state index in [0.717, 1.165) is 0 Å². The fraction of sp³-hybridized carbons (Fsp3) is 0.429. The monoisotopic (exact) mass is 331 g/mol. The Kier molecular flexibility index (Phi) is 4.96. The largest absolute Gasteiger partial charge is 0.482 e. The Bertz CT molecular complexity index is 564. The molecule has 0 bridgehead atoms. The standard InChI is InChI=1S/C14H15Cl2NO4/c1-8-10(14(19)20)4-5-17(8)13(18)7-21-12-6-9(15)2-3-11(12)16/h2-3,6,8,10H,4-5,7H2,1H3,(H,19,20). The van der Waals surface area contributed by atoms with Gasteiger partial charge in [-0.1, -0.05) is 23.2 Å². The molecule has 0 aliphatic carbocycles. The summed E-state index contributed by atoms with van der Waals surface area (Å²) in [5, 5.41) is 9.88. The van der Waals surface area contributed by atoms with E-state index < -0.39 is 11.9 Å². The van der Waals surface area contributed by atoms with Gasteiger partial charge in [-0.25, -0.2) is 0 Å². The maximum Gasteiger partial charge on any atom is 0.308 e. The van der Waals surface area contributed by atoms with Gasteiger partial charge in [0.1, 0.15) is 5.75 Å². The third-order valence-corrected chi connectivity index (χ3v) is 4.18. The summed E-state index contributed by atoms with van der Waals surface area (Å²) in [6.07, 6.45) is 0.458. The Morgan fingerprint density at radius 1 is 1.43 bits per heavy atom. The summed E-state index contributed by atoms with van der Waals surface area (Å²) in [4.78, 5) is 24.7. The van der Waals surface area contributed by atoms with Crippen molar-refractivity contribution >= 4 is 35.1 Å². The highest BCUT2D eigenvalue weighted by atomic mass is 35.5. The normalized spacial score (nSPS) is 21.4. The lowest BCUT2D eigenvalue weighted by molar-refractivity contribution is -0.143. The molecule has 0 radical (unpaired) electrons. The highest BCUT2D eigenvalue weighted by molar-refractivity contribution is 6.34. The van der Waals surface area contributed by atoms with Crippen LogP contribution in [0.4, 0.5) is 0 Å². The minimum absolute atomic E-state index is 0.198. The maximum absolute atomic E-state index is 12.1. The van der Waals surface area contributed by atoms with Crippen molar-refractivity contribution in [2.75, 3.05) is 13.2 Å². The van der Waals surface area contributed by atoms with Gasteiger partial charge in [0.2, 0.25) is 0 Å². The number of benzene rings is 1.